The lowest BCUT2D eigenvalue weighted by atomic mass is 10.1. The van der Waals surface area contributed by atoms with Crippen molar-refractivity contribution in [3.63, 3.8) is 0 Å². The Balaban J connectivity index is 2.71. The Morgan fingerprint density at radius 1 is 1.19 bits per heavy atom. The zero-order valence-corrected chi connectivity index (χ0v) is 13.7. The molecule has 0 saturated carbocycles. The lowest BCUT2D eigenvalue weighted by Gasteiger charge is -2.16. The normalized spacial score (nSPS) is 11.4. The monoisotopic (exact) mass is 312 g/mol. The first-order chi connectivity index (χ1) is 9.73. The Morgan fingerprint density at radius 2 is 1.76 bits per heavy atom. The highest BCUT2D eigenvalue weighted by atomic mass is 32.2. The molecule has 6 heteroatoms. The molecule has 118 valence electrons. The van der Waals surface area contributed by atoms with Crippen LogP contribution in [0.4, 0.5) is 0 Å². The molecule has 5 nitrogen and oxygen atoms in total. The number of aryl methyl sites for hydroxylation is 2. The Morgan fingerprint density at radius 3 is 2.29 bits per heavy atom. The minimum absolute atomic E-state index is 0.105. The van der Waals surface area contributed by atoms with Crippen molar-refractivity contribution in [3.8, 4) is 0 Å². The molecule has 1 aromatic carbocycles. The summed E-state index contributed by atoms with van der Waals surface area (Å²) in [6, 6.07) is 5.67. The third kappa shape index (κ3) is 6.27. The van der Waals surface area contributed by atoms with Crippen molar-refractivity contribution in [1.29, 1.82) is 0 Å². The molecular formula is C15H24N2O3S. The number of benzene rings is 1. The maximum atomic E-state index is 12.1. The van der Waals surface area contributed by atoms with Crippen molar-refractivity contribution in [2.45, 2.75) is 26.0 Å². The average molecular weight is 312 g/mol. The van der Waals surface area contributed by atoms with E-state index in [4.69, 9.17) is 5.73 Å². The van der Waals surface area contributed by atoms with E-state index in [0.717, 1.165) is 16.7 Å². The molecule has 0 unspecified atom stereocenters. The number of carbonyl (C=O) groups is 1. The molecule has 0 fully saturated rings. The van der Waals surface area contributed by atoms with Gasteiger partial charge >= 0.3 is 0 Å². The summed E-state index contributed by atoms with van der Waals surface area (Å²) in [5.41, 5.74) is 8.15. The van der Waals surface area contributed by atoms with Gasteiger partial charge in [0.2, 0.25) is 5.91 Å². The molecule has 1 rings (SSSR count). The maximum Gasteiger partial charge on any atom is 0.237 e. The van der Waals surface area contributed by atoms with Gasteiger partial charge in [0.1, 0.15) is 5.75 Å². The van der Waals surface area contributed by atoms with Crippen molar-refractivity contribution in [3.05, 3.63) is 34.9 Å². The van der Waals surface area contributed by atoms with E-state index in [0.29, 0.717) is 19.5 Å². The number of hydrogen-bond donors (Lipinski definition) is 1. The molecule has 0 atom stereocenters. The number of amides is 1. The van der Waals surface area contributed by atoms with E-state index in [1.165, 1.54) is 4.90 Å². The summed E-state index contributed by atoms with van der Waals surface area (Å²) in [6.45, 7) is 4.81. The fourth-order valence-corrected chi connectivity index (χ4v) is 3.58. The van der Waals surface area contributed by atoms with Crippen LogP contribution in [0.5, 0.6) is 0 Å². The van der Waals surface area contributed by atoms with Gasteiger partial charge < -0.3 is 10.6 Å². The van der Waals surface area contributed by atoms with E-state index in [1.54, 1.807) is 7.05 Å². The summed E-state index contributed by atoms with van der Waals surface area (Å²) in [6.07, 6.45) is 0.666. The van der Waals surface area contributed by atoms with Crippen LogP contribution in [0.1, 0.15) is 23.1 Å². The van der Waals surface area contributed by atoms with Gasteiger partial charge in [0.05, 0.1) is 5.75 Å². The van der Waals surface area contributed by atoms with Crippen molar-refractivity contribution in [2.75, 3.05) is 25.9 Å². The quantitative estimate of drug-likeness (QED) is 0.815. The standard InChI is InChI=1S/C15H24N2O3S/c1-12-7-13(2)9-14(8-12)10-21(19,20)11-15(18)17(3)6-4-5-16/h7-9H,4-6,10-11,16H2,1-3H3. The van der Waals surface area contributed by atoms with E-state index in [1.807, 2.05) is 32.0 Å². The molecular weight excluding hydrogens is 288 g/mol. The Bertz CT molecular complexity index is 577. The van der Waals surface area contributed by atoms with E-state index in [9.17, 15) is 13.2 Å². The highest BCUT2D eigenvalue weighted by Gasteiger charge is 2.20. The molecule has 0 heterocycles. The second-order valence-electron chi connectivity index (χ2n) is 5.49. The molecule has 21 heavy (non-hydrogen) atoms. The van der Waals surface area contributed by atoms with Gasteiger partial charge in [0.15, 0.2) is 9.84 Å². The molecule has 0 saturated heterocycles. The van der Waals surface area contributed by atoms with Gasteiger partial charge in [0.25, 0.3) is 0 Å². The molecule has 0 aliphatic rings. The van der Waals surface area contributed by atoms with Crippen LogP contribution < -0.4 is 5.73 Å². The second kappa shape index (κ2) is 7.56. The van der Waals surface area contributed by atoms with Gasteiger partial charge in [-0.3, -0.25) is 4.79 Å². The molecule has 0 spiro atoms. The minimum atomic E-state index is -3.46. The number of hydrogen-bond acceptors (Lipinski definition) is 4. The third-order valence-corrected chi connectivity index (χ3v) is 4.59. The topological polar surface area (TPSA) is 80.5 Å². The molecule has 1 amide bonds. The van der Waals surface area contributed by atoms with Crippen molar-refractivity contribution in [2.24, 2.45) is 5.73 Å². The van der Waals surface area contributed by atoms with Crippen LogP contribution in [-0.2, 0) is 20.4 Å². The van der Waals surface area contributed by atoms with Crippen molar-refractivity contribution in [1.82, 2.24) is 4.90 Å². The highest BCUT2D eigenvalue weighted by molar-refractivity contribution is 7.91. The Hall–Kier alpha value is -1.40. The molecule has 0 radical (unpaired) electrons. The van der Waals surface area contributed by atoms with Crippen LogP contribution in [-0.4, -0.2) is 45.1 Å². The first kappa shape index (κ1) is 17.7. The maximum absolute atomic E-state index is 12.1. The number of carbonyl (C=O) groups excluding carboxylic acids is 1. The van der Waals surface area contributed by atoms with Crippen LogP contribution in [0.15, 0.2) is 18.2 Å². The average Bonchev–Trinajstić information content (AvgIpc) is 2.33. The van der Waals surface area contributed by atoms with Crippen LogP contribution in [0.2, 0.25) is 0 Å². The summed E-state index contributed by atoms with van der Waals surface area (Å²) in [4.78, 5) is 13.3. The number of nitrogens with zero attached hydrogens (tertiary/aromatic N) is 1. The predicted molar refractivity (Wildman–Crippen MR) is 84.7 cm³/mol. The van der Waals surface area contributed by atoms with Crippen LogP contribution >= 0.6 is 0 Å². The Labute approximate surface area is 127 Å². The lowest BCUT2D eigenvalue weighted by Crippen LogP contribution is -2.34. The van der Waals surface area contributed by atoms with Crippen molar-refractivity contribution < 1.29 is 13.2 Å². The molecule has 2 N–H and O–H groups in total. The van der Waals surface area contributed by atoms with E-state index < -0.39 is 15.6 Å². The summed E-state index contributed by atoms with van der Waals surface area (Å²) >= 11 is 0. The van der Waals surface area contributed by atoms with Crippen molar-refractivity contribution >= 4 is 15.7 Å². The van der Waals surface area contributed by atoms with Gasteiger partial charge in [0, 0.05) is 13.6 Å². The first-order valence-electron chi connectivity index (χ1n) is 6.95. The summed E-state index contributed by atoms with van der Waals surface area (Å²) in [5.74, 6) is -0.944. The molecule has 0 bridgehead atoms. The third-order valence-electron chi connectivity index (χ3n) is 3.13. The number of rotatable bonds is 7. The second-order valence-corrected chi connectivity index (χ2v) is 7.55. The first-order valence-corrected chi connectivity index (χ1v) is 8.77. The number of nitrogens with two attached hydrogens (primary N) is 1. The van der Waals surface area contributed by atoms with E-state index >= 15 is 0 Å². The molecule has 0 aliphatic heterocycles. The smallest absolute Gasteiger partial charge is 0.237 e. The Kier molecular flexibility index (Phi) is 6.36. The largest absolute Gasteiger partial charge is 0.345 e. The fraction of sp³-hybridized carbons (Fsp3) is 0.533. The zero-order valence-electron chi connectivity index (χ0n) is 12.9. The highest BCUT2D eigenvalue weighted by Crippen LogP contribution is 2.13. The summed E-state index contributed by atoms with van der Waals surface area (Å²) in [5, 5.41) is 0. The van der Waals surface area contributed by atoms with Gasteiger partial charge in [-0.2, -0.15) is 0 Å². The van der Waals surface area contributed by atoms with Gasteiger partial charge in [-0.1, -0.05) is 29.3 Å². The lowest BCUT2D eigenvalue weighted by molar-refractivity contribution is -0.127. The molecule has 1 aromatic rings. The van der Waals surface area contributed by atoms with Gasteiger partial charge in [-0.25, -0.2) is 8.42 Å². The minimum Gasteiger partial charge on any atom is -0.345 e. The van der Waals surface area contributed by atoms with Crippen LogP contribution in [0.3, 0.4) is 0 Å². The van der Waals surface area contributed by atoms with Crippen LogP contribution in [0, 0.1) is 13.8 Å². The summed E-state index contributed by atoms with van der Waals surface area (Å²) < 4.78 is 24.3. The number of sulfone groups is 1. The van der Waals surface area contributed by atoms with E-state index in [-0.39, 0.29) is 11.7 Å². The summed E-state index contributed by atoms with van der Waals surface area (Å²) in [7, 11) is -1.86. The molecule has 0 aromatic heterocycles. The zero-order chi connectivity index (χ0) is 16.0. The fourth-order valence-electron chi connectivity index (χ4n) is 2.21. The van der Waals surface area contributed by atoms with Crippen LogP contribution in [0.25, 0.3) is 0 Å². The predicted octanol–water partition coefficient (Wildman–Crippen LogP) is 1.03. The van der Waals surface area contributed by atoms with Gasteiger partial charge in [-0.05, 0) is 32.4 Å². The molecule has 0 aliphatic carbocycles. The van der Waals surface area contributed by atoms with E-state index in [2.05, 4.69) is 0 Å². The SMILES string of the molecule is Cc1cc(C)cc(CS(=O)(=O)CC(=O)N(C)CCCN)c1. The van der Waals surface area contributed by atoms with Gasteiger partial charge in [-0.15, -0.1) is 0 Å².